The molecule has 9 heteroatoms. The van der Waals surface area contributed by atoms with Crippen molar-refractivity contribution >= 4 is 5.82 Å². The minimum absolute atomic E-state index is 0.102. The highest BCUT2D eigenvalue weighted by atomic mass is 19.4. The predicted octanol–water partition coefficient (Wildman–Crippen LogP) is 2.06. The van der Waals surface area contributed by atoms with Gasteiger partial charge in [0.25, 0.3) is 0 Å². The molecule has 3 rings (SSSR count). The van der Waals surface area contributed by atoms with Gasteiger partial charge in [-0.05, 0) is 31.5 Å². The first-order valence-corrected chi connectivity index (χ1v) is 7.35. The summed E-state index contributed by atoms with van der Waals surface area (Å²) in [4.78, 5) is 8.31. The van der Waals surface area contributed by atoms with Crippen LogP contribution in [0.15, 0.2) is 18.3 Å². The van der Waals surface area contributed by atoms with Gasteiger partial charge in [0.15, 0.2) is 5.82 Å². The Morgan fingerprint density at radius 3 is 2.87 bits per heavy atom. The molecular formula is C14H17F3N6. The van der Waals surface area contributed by atoms with E-state index in [0.29, 0.717) is 5.82 Å². The van der Waals surface area contributed by atoms with Crippen LogP contribution in [0.4, 0.5) is 19.0 Å². The first-order valence-electron chi connectivity index (χ1n) is 7.35. The van der Waals surface area contributed by atoms with Crippen molar-refractivity contribution in [2.75, 3.05) is 18.4 Å². The number of nitrogens with zero attached hydrogens (tertiary/aromatic N) is 4. The number of hydrogen-bond donors (Lipinski definition) is 2. The smallest absolute Gasteiger partial charge is 0.366 e. The molecule has 23 heavy (non-hydrogen) atoms. The summed E-state index contributed by atoms with van der Waals surface area (Å²) in [5.41, 5.74) is -0.726. The van der Waals surface area contributed by atoms with Crippen molar-refractivity contribution in [2.45, 2.75) is 25.1 Å². The largest absolute Gasteiger partial charge is 0.433 e. The predicted molar refractivity (Wildman–Crippen MR) is 78.8 cm³/mol. The maximum atomic E-state index is 12.8. The molecule has 2 aromatic heterocycles. The van der Waals surface area contributed by atoms with Crippen LogP contribution >= 0.6 is 0 Å². The second kappa shape index (κ2) is 6.15. The van der Waals surface area contributed by atoms with E-state index in [1.165, 1.54) is 13.2 Å². The lowest BCUT2D eigenvalue weighted by Gasteiger charge is -2.24. The van der Waals surface area contributed by atoms with Crippen LogP contribution in [0.5, 0.6) is 0 Å². The van der Waals surface area contributed by atoms with Gasteiger partial charge in [0.1, 0.15) is 17.2 Å². The lowest BCUT2D eigenvalue weighted by Crippen LogP contribution is -2.38. The Morgan fingerprint density at radius 1 is 1.39 bits per heavy atom. The molecule has 0 spiro atoms. The molecule has 0 aliphatic carbocycles. The van der Waals surface area contributed by atoms with Gasteiger partial charge in [-0.3, -0.25) is 4.68 Å². The van der Waals surface area contributed by atoms with Gasteiger partial charge in [-0.15, -0.1) is 0 Å². The molecule has 124 valence electrons. The van der Waals surface area contributed by atoms with E-state index in [9.17, 15) is 13.2 Å². The number of rotatable bonds is 3. The Morgan fingerprint density at radius 2 is 2.22 bits per heavy atom. The van der Waals surface area contributed by atoms with Crippen LogP contribution in [0, 0.1) is 0 Å². The number of anilines is 1. The first-order chi connectivity index (χ1) is 10.9. The van der Waals surface area contributed by atoms with Crippen LogP contribution in [-0.2, 0) is 13.2 Å². The van der Waals surface area contributed by atoms with Gasteiger partial charge >= 0.3 is 6.18 Å². The third kappa shape index (κ3) is 3.61. The average molecular weight is 326 g/mol. The van der Waals surface area contributed by atoms with Gasteiger partial charge in [0, 0.05) is 25.8 Å². The Hall–Kier alpha value is -2.16. The summed E-state index contributed by atoms with van der Waals surface area (Å²) >= 11 is 0. The van der Waals surface area contributed by atoms with Crippen LogP contribution in [0.25, 0.3) is 11.5 Å². The number of halogens is 3. The number of hydrogen-bond acceptors (Lipinski definition) is 5. The lowest BCUT2D eigenvalue weighted by atomic mass is 10.1. The molecule has 1 aliphatic rings. The summed E-state index contributed by atoms with van der Waals surface area (Å²) in [6.07, 6.45) is -0.842. The second-order valence-electron chi connectivity index (χ2n) is 5.49. The number of alkyl halides is 3. The van der Waals surface area contributed by atoms with Gasteiger partial charge in [-0.1, -0.05) is 0 Å². The molecule has 0 bridgehead atoms. The number of aryl methyl sites for hydroxylation is 1. The highest BCUT2D eigenvalue weighted by molar-refractivity contribution is 5.53. The highest BCUT2D eigenvalue weighted by Crippen LogP contribution is 2.31. The fourth-order valence-corrected chi connectivity index (χ4v) is 2.59. The third-order valence-electron chi connectivity index (χ3n) is 3.70. The van der Waals surface area contributed by atoms with Crippen molar-refractivity contribution in [2.24, 2.45) is 7.05 Å². The first kappa shape index (κ1) is 15.7. The van der Waals surface area contributed by atoms with Gasteiger partial charge in [0.2, 0.25) is 0 Å². The summed E-state index contributed by atoms with van der Waals surface area (Å²) in [7, 11) is 1.25. The molecule has 0 radical (unpaired) electrons. The topological polar surface area (TPSA) is 67.7 Å². The normalized spacial score (nSPS) is 18.9. The molecule has 1 aliphatic heterocycles. The van der Waals surface area contributed by atoms with Crippen molar-refractivity contribution in [1.29, 1.82) is 0 Å². The lowest BCUT2D eigenvalue weighted by molar-refractivity contribution is -0.143. The van der Waals surface area contributed by atoms with Crippen LogP contribution in [0.2, 0.25) is 0 Å². The van der Waals surface area contributed by atoms with Crippen molar-refractivity contribution in [3.8, 4) is 11.5 Å². The van der Waals surface area contributed by atoms with E-state index in [1.807, 2.05) is 0 Å². The molecule has 0 aromatic carbocycles. The van der Waals surface area contributed by atoms with Crippen LogP contribution in [0.3, 0.4) is 0 Å². The highest BCUT2D eigenvalue weighted by Gasteiger charge is 2.35. The van der Waals surface area contributed by atoms with Crippen LogP contribution < -0.4 is 10.6 Å². The number of piperidine rings is 1. The summed E-state index contributed by atoms with van der Waals surface area (Å²) in [5, 5.41) is 10.4. The Bertz CT molecular complexity index is 675. The zero-order valence-electron chi connectivity index (χ0n) is 12.6. The Balaban J connectivity index is 1.82. The quantitative estimate of drug-likeness (QED) is 0.904. The van der Waals surface area contributed by atoms with Gasteiger partial charge in [0.05, 0.1) is 0 Å². The summed E-state index contributed by atoms with van der Waals surface area (Å²) < 4.78 is 39.3. The summed E-state index contributed by atoms with van der Waals surface area (Å²) in [5.74, 6) is 0.757. The summed E-state index contributed by atoms with van der Waals surface area (Å²) in [6.45, 7) is 1.84. The van der Waals surface area contributed by atoms with Crippen LogP contribution in [-0.4, -0.2) is 38.9 Å². The molecule has 1 saturated heterocycles. The van der Waals surface area contributed by atoms with E-state index in [1.54, 1.807) is 6.07 Å². The SMILES string of the molecule is Cn1nc(-c2nccc(NC3CCCNC3)n2)cc1C(F)(F)F. The molecule has 6 nitrogen and oxygen atoms in total. The van der Waals surface area contributed by atoms with Gasteiger partial charge in [-0.25, -0.2) is 9.97 Å². The fourth-order valence-electron chi connectivity index (χ4n) is 2.59. The van der Waals surface area contributed by atoms with Gasteiger partial charge in [-0.2, -0.15) is 18.3 Å². The molecule has 1 unspecified atom stereocenters. The number of aromatic nitrogens is 4. The number of nitrogens with one attached hydrogen (secondary N) is 2. The van der Waals surface area contributed by atoms with E-state index in [0.717, 1.165) is 36.7 Å². The standard InChI is InChI=1S/C14H17F3N6/c1-23-11(14(15,16)17)7-10(22-23)13-19-6-4-12(21-13)20-9-3-2-5-18-8-9/h4,6-7,9,18H,2-3,5,8H2,1H3,(H,19,20,21). The third-order valence-corrected chi connectivity index (χ3v) is 3.70. The van der Waals surface area contributed by atoms with Crippen molar-refractivity contribution in [1.82, 2.24) is 25.1 Å². The zero-order chi connectivity index (χ0) is 16.4. The molecule has 3 heterocycles. The van der Waals surface area contributed by atoms with E-state index >= 15 is 0 Å². The molecule has 2 aromatic rings. The van der Waals surface area contributed by atoms with Gasteiger partial charge < -0.3 is 10.6 Å². The van der Waals surface area contributed by atoms with Crippen molar-refractivity contribution in [3.05, 3.63) is 24.0 Å². The van der Waals surface area contributed by atoms with Crippen molar-refractivity contribution in [3.63, 3.8) is 0 Å². The molecule has 1 atom stereocenters. The van der Waals surface area contributed by atoms with Crippen LogP contribution in [0.1, 0.15) is 18.5 Å². The monoisotopic (exact) mass is 326 g/mol. The molecule has 0 amide bonds. The zero-order valence-corrected chi connectivity index (χ0v) is 12.6. The van der Waals surface area contributed by atoms with E-state index in [-0.39, 0.29) is 17.6 Å². The van der Waals surface area contributed by atoms with E-state index in [2.05, 4.69) is 25.7 Å². The minimum Gasteiger partial charge on any atom is -0.366 e. The Labute approximate surface area is 131 Å². The molecule has 2 N–H and O–H groups in total. The van der Waals surface area contributed by atoms with E-state index < -0.39 is 11.9 Å². The average Bonchev–Trinajstić information content (AvgIpc) is 2.91. The maximum absolute atomic E-state index is 12.8. The summed E-state index contributed by atoms with van der Waals surface area (Å²) in [6, 6.07) is 2.91. The molecule has 1 fully saturated rings. The van der Waals surface area contributed by atoms with Crippen molar-refractivity contribution < 1.29 is 13.2 Å². The molecule has 0 saturated carbocycles. The van der Waals surface area contributed by atoms with E-state index in [4.69, 9.17) is 0 Å². The molecular weight excluding hydrogens is 309 g/mol. The second-order valence-corrected chi connectivity index (χ2v) is 5.49. The Kier molecular flexibility index (Phi) is 4.20. The fraction of sp³-hybridized carbons (Fsp3) is 0.500. The minimum atomic E-state index is -4.45. The maximum Gasteiger partial charge on any atom is 0.433 e.